The molecule has 21 heavy (non-hydrogen) atoms. The van der Waals surface area contributed by atoms with Crippen molar-refractivity contribution in [2.75, 3.05) is 5.32 Å². The Morgan fingerprint density at radius 1 is 1.38 bits per heavy atom. The van der Waals surface area contributed by atoms with E-state index >= 15 is 0 Å². The number of aromatic nitrogens is 3. The van der Waals surface area contributed by atoms with Crippen molar-refractivity contribution < 1.29 is 4.79 Å². The van der Waals surface area contributed by atoms with Gasteiger partial charge in [-0.25, -0.2) is 9.67 Å². The number of anilines is 1. The number of hydrogen-bond donors (Lipinski definition) is 1. The van der Waals surface area contributed by atoms with Crippen LogP contribution in [0.15, 0.2) is 42.3 Å². The van der Waals surface area contributed by atoms with Crippen LogP contribution in [0.5, 0.6) is 0 Å². The number of nitrogens with one attached hydrogen (secondary N) is 1. The molecule has 2 heterocycles. The summed E-state index contributed by atoms with van der Waals surface area (Å²) in [5, 5.41) is 9.39. The third-order valence-corrected chi connectivity index (χ3v) is 4.19. The Bertz CT molecular complexity index is 782. The summed E-state index contributed by atoms with van der Waals surface area (Å²) in [6, 6.07) is 7.13. The van der Waals surface area contributed by atoms with Crippen LogP contribution in [0.3, 0.4) is 0 Å². The van der Waals surface area contributed by atoms with Crippen LogP contribution in [-0.2, 0) is 0 Å². The second-order valence-corrected chi connectivity index (χ2v) is 5.74. The number of hydrogen-bond acceptors (Lipinski definition) is 4. The average molecular weight is 319 g/mol. The highest BCUT2D eigenvalue weighted by Crippen LogP contribution is 2.25. The van der Waals surface area contributed by atoms with Crippen molar-refractivity contribution in [2.24, 2.45) is 0 Å². The predicted octanol–water partition coefficient (Wildman–Crippen LogP) is 3.54. The number of benzene rings is 1. The van der Waals surface area contributed by atoms with Gasteiger partial charge in [0, 0.05) is 5.02 Å². The van der Waals surface area contributed by atoms with Crippen LogP contribution in [-0.4, -0.2) is 20.7 Å². The second kappa shape index (κ2) is 5.67. The van der Waals surface area contributed by atoms with Gasteiger partial charge in [0.15, 0.2) is 0 Å². The van der Waals surface area contributed by atoms with Gasteiger partial charge < -0.3 is 5.32 Å². The van der Waals surface area contributed by atoms with Gasteiger partial charge in [0.25, 0.3) is 5.91 Å². The number of carbonyl (C=O) groups is 1. The molecule has 0 bridgehead atoms. The predicted molar refractivity (Wildman–Crippen MR) is 83.4 cm³/mol. The highest BCUT2D eigenvalue weighted by molar-refractivity contribution is 7.12. The Morgan fingerprint density at radius 2 is 2.24 bits per heavy atom. The van der Waals surface area contributed by atoms with E-state index in [0.29, 0.717) is 21.3 Å². The first-order valence-corrected chi connectivity index (χ1v) is 7.41. The molecule has 3 rings (SSSR count). The molecule has 0 aliphatic rings. The normalized spacial score (nSPS) is 10.6. The Kier molecular flexibility index (Phi) is 3.72. The van der Waals surface area contributed by atoms with Gasteiger partial charge in [-0.2, -0.15) is 5.10 Å². The van der Waals surface area contributed by atoms with Crippen molar-refractivity contribution in [1.82, 2.24) is 14.8 Å². The molecule has 0 aliphatic carbocycles. The van der Waals surface area contributed by atoms with E-state index in [9.17, 15) is 4.79 Å². The Morgan fingerprint density at radius 3 is 2.90 bits per heavy atom. The zero-order valence-corrected chi connectivity index (χ0v) is 12.6. The quantitative estimate of drug-likeness (QED) is 0.803. The van der Waals surface area contributed by atoms with Crippen molar-refractivity contribution >= 4 is 34.5 Å². The maximum atomic E-state index is 12.3. The molecule has 0 atom stereocenters. The standard InChI is InChI=1S/C14H11ClN4OS/c1-9-4-5-21-13(9)14(20)18-11-6-10(15)2-3-12(11)19-8-16-7-17-19/h2-8H,1H3,(H,18,20). The van der Waals surface area contributed by atoms with Crippen LogP contribution < -0.4 is 5.32 Å². The molecule has 0 spiro atoms. The molecule has 0 unspecified atom stereocenters. The van der Waals surface area contributed by atoms with E-state index in [1.54, 1.807) is 29.2 Å². The Labute approximate surface area is 130 Å². The molecule has 0 fully saturated rings. The van der Waals surface area contributed by atoms with Crippen molar-refractivity contribution in [1.29, 1.82) is 0 Å². The monoisotopic (exact) mass is 318 g/mol. The number of rotatable bonds is 3. The van der Waals surface area contributed by atoms with E-state index in [-0.39, 0.29) is 5.91 Å². The Hall–Kier alpha value is -2.18. The van der Waals surface area contributed by atoms with Crippen molar-refractivity contribution in [3.63, 3.8) is 0 Å². The van der Waals surface area contributed by atoms with Crippen molar-refractivity contribution in [3.8, 4) is 5.69 Å². The molecule has 106 valence electrons. The fourth-order valence-corrected chi connectivity index (χ4v) is 2.92. The molecule has 0 saturated heterocycles. The number of aryl methyl sites for hydroxylation is 1. The molecule has 7 heteroatoms. The lowest BCUT2D eigenvalue weighted by Gasteiger charge is -2.11. The summed E-state index contributed by atoms with van der Waals surface area (Å²) >= 11 is 7.43. The molecule has 3 aromatic rings. The summed E-state index contributed by atoms with van der Waals surface area (Å²) < 4.78 is 1.58. The third kappa shape index (κ3) is 2.81. The molecule has 0 aliphatic heterocycles. The minimum atomic E-state index is -0.161. The molecule has 1 amide bonds. The number of thiophene rings is 1. The molecule has 5 nitrogen and oxygen atoms in total. The number of amides is 1. The number of nitrogens with zero attached hydrogens (tertiary/aromatic N) is 3. The Balaban J connectivity index is 1.97. The summed E-state index contributed by atoms with van der Waals surface area (Å²) in [6.45, 7) is 1.90. The summed E-state index contributed by atoms with van der Waals surface area (Å²) in [5.41, 5.74) is 2.24. The van der Waals surface area contributed by atoms with Crippen LogP contribution in [0.25, 0.3) is 5.69 Å². The molecule has 2 aromatic heterocycles. The summed E-state index contributed by atoms with van der Waals surface area (Å²) in [7, 11) is 0. The van der Waals surface area contributed by atoms with Crippen LogP contribution >= 0.6 is 22.9 Å². The van der Waals surface area contributed by atoms with Gasteiger partial charge in [-0.1, -0.05) is 11.6 Å². The lowest BCUT2D eigenvalue weighted by Crippen LogP contribution is -2.13. The maximum Gasteiger partial charge on any atom is 0.266 e. The van der Waals surface area contributed by atoms with Crippen LogP contribution in [0, 0.1) is 6.92 Å². The van der Waals surface area contributed by atoms with Gasteiger partial charge in [-0.05, 0) is 42.1 Å². The van der Waals surface area contributed by atoms with Gasteiger partial charge in [0.2, 0.25) is 0 Å². The summed E-state index contributed by atoms with van der Waals surface area (Å²) in [4.78, 5) is 16.9. The van der Waals surface area contributed by atoms with Gasteiger partial charge in [0.1, 0.15) is 12.7 Å². The van der Waals surface area contributed by atoms with E-state index in [4.69, 9.17) is 11.6 Å². The first-order valence-electron chi connectivity index (χ1n) is 6.15. The van der Waals surface area contributed by atoms with E-state index in [0.717, 1.165) is 5.56 Å². The molecular weight excluding hydrogens is 308 g/mol. The fourth-order valence-electron chi connectivity index (χ4n) is 1.93. The topological polar surface area (TPSA) is 59.8 Å². The van der Waals surface area contributed by atoms with Crippen LogP contribution in [0.2, 0.25) is 5.02 Å². The second-order valence-electron chi connectivity index (χ2n) is 4.39. The minimum Gasteiger partial charge on any atom is -0.319 e. The lowest BCUT2D eigenvalue weighted by molar-refractivity contribution is 0.103. The molecule has 0 radical (unpaired) electrons. The average Bonchev–Trinajstić information content (AvgIpc) is 3.10. The molecule has 1 N–H and O–H groups in total. The largest absolute Gasteiger partial charge is 0.319 e. The first-order chi connectivity index (χ1) is 10.1. The van der Waals surface area contributed by atoms with E-state index < -0.39 is 0 Å². The van der Waals surface area contributed by atoms with E-state index in [1.165, 1.54) is 17.7 Å². The molecule has 0 saturated carbocycles. The zero-order valence-electron chi connectivity index (χ0n) is 11.1. The molecular formula is C14H11ClN4OS. The highest BCUT2D eigenvalue weighted by Gasteiger charge is 2.14. The van der Waals surface area contributed by atoms with Gasteiger partial charge in [-0.15, -0.1) is 11.3 Å². The maximum absolute atomic E-state index is 12.3. The van der Waals surface area contributed by atoms with Crippen molar-refractivity contribution in [3.05, 3.63) is 57.8 Å². The van der Waals surface area contributed by atoms with E-state index in [2.05, 4.69) is 15.4 Å². The molecule has 1 aromatic carbocycles. The van der Waals surface area contributed by atoms with Gasteiger partial charge in [0.05, 0.1) is 16.3 Å². The lowest BCUT2D eigenvalue weighted by atomic mass is 10.2. The zero-order chi connectivity index (χ0) is 14.8. The van der Waals surface area contributed by atoms with Crippen LogP contribution in [0.1, 0.15) is 15.2 Å². The van der Waals surface area contributed by atoms with Gasteiger partial charge >= 0.3 is 0 Å². The summed E-state index contributed by atoms with van der Waals surface area (Å²) in [5.74, 6) is -0.161. The smallest absolute Gasteiger partial charge is 0.266 e. The van der Waals surface area contributed by atoms with Crippen molar-refractivity contribution in [2.45, 2.75) is 6.92 Å². The highest BCUT2D eigenvalue weighted by atomic mass is 35.5. The third-order valence-electron chi connectivity index (χ3n) is 2.94. The number of carbonyl (C=O) groups excluding carboxylic acids is 1. The van der Waals surface area contributed by atoms with Crippen LogP contribution in [0.4, 0.5) is 5.69 Å². The first kappa shape index (κ1) is 13.8. The minimum absolute atomic E-state index is 0.161. The SMILES string of the molecule is Cc1ccsc1C(=O)Nc1cc(Cl)ccc1-n1cncn1. The van der Waals surface area contributed by atoms with Gasteiger partial charge in [-0.3, -0.25) is 4.79 Å². The summed E-state index contributed by atoms with van der Waals surface area (Å²) in [6.07, 6.45) is 3.00. The number of halogens is 1. The van der Waals surface area contributed by atoms with E-state index in [1.807, 2.05) is 18.4 Å². The fraction of sp³-hybridized carbons (Fsp3) is 0.0714.